The lowest BCUT2D eigenvalue weighted by atomic mass is 9.79. The molecule has 15 heteroatoms. The molecule has 1 spiro atoms. The minimum Gasteiger partial charge on any atom is -0.441 e. The molecule has 0 saturated carbocycles. The van der Waals surface area contributed by atoms with Gasteiger partial charge in [0.05, 0.1) is 29.9 Å². The summed E-state index contributed by atoms with van der Waals surface area (Å²) in [7, 11) is 5.49. The highest BCUT2D eigenvalue weighted by Crippen LogP contribution is 2.50. The quantitative estimate of drug-likeness (QED) is 0.0902. The molecule has 1 fully saturated rings. The normalized spacial score (nSPS) is 18.9. The fraction of sp³-hybridized carbons (Fsp3) is 0.275. The van der Waals surface area contributed by atoms with E-state index < -0.39 is 31.5 Å². The van der Waals surface area contributed by atoms with E-state index in [0.29, 0.717) is 28.6 Å². The van der Waals surface area contributed by atoms with Gasteiger partial charge in [0.1, 0.15) is 13.8 Å². The van der Waals surface area contributed by atoms with Crippen LogP contribution in [-0.4, -0.2) is 86.0 Å². The lowest BCUT2D eigenvalue weighted by Gasteiger charge is -2.46. The maximum Gasteiger partial charge on any atom is 0.340 e. The fourth-order valence-electron chi connectivity index (χ4n) is 10.3. The predicted molar refractivity (Wildman–Crippen MR) is 252 cm³/mol. The van der Waals surface area contributed by atoms with Gasteiger partial charge in [-0.25, -0.2) is 14.3 Å². The molecule has 0 aliphatic carbocycles. The molecular weight excluding hydrogens is 851 g/mol. The van der Waals surface area contributed by atoms with Gasteiger partial charge >= 0.3 is 11.9 Å². The highest BCUT2D eigenvalue weighted by Gasteiger charge is 2.57. The first-order valence-electron chi connectivity index (χ1n) is 22.3. The zero-order chi connectivity index (χ0) is 46.1. The minimum atomic E-state index is -2.69. The molecule has 0 radical (unpaired) electrons. The molecule has 1 saturated heterocycles. The Labute approximate surface area is 383 Å². The van der Waals surface area contributed by atoms with E-state index in [9.17, 15) is 24.0 Å². The Bertz CT molecular complexity index is 2940. The molecular formula is C51H49N7O7Si. The van der Waals surface area contributed by atoms with E-state index in [2.05, 4.69) is 52.7 Å². The summed E-state index contributed by atoms with van der Waals surface area (Å²) in [5, 5.41) is 12.6. The van der Waals surface area contributed by atoms with Crippen molar-refractivity contribution in [3.8, 4) is 22.5 Å². The summed E-state index contributed by atoms with van der Waals surface area (Å²) < 4.78 is 8.61. The molecule has 1 aromatic heterocycles. The number of hydrogen-bond acceptors (Lipinski definition) is 11. The monoisotopic (exact) mass is 899 g/mol. The maximum absolute atomic E-state index is 14.2. The average Bonchev–Trinajstić information content (AvgIpc) is 3.98. The molecule has 14 nitrogen and oxygen atoms in total. The van der Waals surface area contributed by atoms with E-state index >= 15 is 0 Å². The number of amides is 3. The molecule has 4 aliphatic heterocycles. The van der Waals surface area contributed by atoms with Gasteiger partial charge in [0.15, 0.2) is 5.60 Å². The molecule has 334 valence electrons. The van der Waals surface area contributed by atoms with Crippen LogP contribution in [-0.2, 0) is 47.4 Å². The zero-order valence-electron chi connectivity index (χ0n) is 37.5. The second kappa shape index (κ2) is 16.2. The molecule has 0 bridgehead atoms. The van der Waals surface area contributed by atoms with Gasteiger partial charge in [0.2, 0.25) is 5.91 Å². The largest absolute Gasteiger partial charge is 0.441 e. The molecule has 3 amide bonds. The van der Waals surface area contributed by atoms with Gasteiger partial charge < -0.3 is 24.3 Å². The summed E-state index contributed by atoms with van der Waals surface area (Å²) in [6.45, 7) is 3.16. The third kappa shape index (κ3) is 6.79. The van der Waals surface area contributed by atoms with Crippen LogP contribution in [0.4, 0.5) is 17.1 Å². The number of ether oxygens (including phenoxy) is 1. The van der Waals surface area contributed by atoms with Crippen molar-refractivity contribution in [2.45, 2.75) is 63.4 Å². The van der Waals surface area contributed by atoms with Crippen molar-refractivity contribution in [2.75, 3.05) is 42.9 Å². The number of carbonyl (C=O) groups excluding carboxylic acids is 5. The van der Waals surface area contributed by atoms with Crippen molar-refractivity contribution in [3.05, 3.63) is 137 Å². The average molecular weight is 900 g/mol. The number of hydroxylamine groups is 2. The number of aryl methyl sites for hydroxylation is 1. The van der Waals surface area contributed by atoms with Crippen molar-refractivity contribution in [2.24, 2.45) is 0 Å². The topological polar surface area (TPSA) is 147 Å². The van der Waals surface area contributed by atoms with E-state index in [0.717, 1.165) is 62.9 Å². The van der Waals surface area contributed by atoms with Crippen LogP contribution in [0, 0.1) is 0 Å². The Morgan fingerprint density at radius 3 is 2.02 bits per heavy atom. The fourth-order valence-corrected chi connectivity index (χ4v) is 14.6. The number of carbonyl (C=O) groups is 5. The number of nitrogens with zero attached hydrogens (tertiary/aromatic N) is 7. The van der Waals surface area contributed by atoms with Crippen LogP contribution in [0.15, 0.2) is 109 Å². The SMILES string of the molecule is CN(C)c1ccc2c(c1)[Si](C)(CCCn1nnc3c1-c1ccccc1N(C(=O)CCC(=O)ON1C(=O)CCC1=O)Cc1ccccc1-3)c1cc(N(C)C)ccc1C21OC(=O)c2ccccc21. The third-order valence-electron chi connectivity index (χ3n) is 13.6. The molecule has 5 heterocycles. The number of para-hydroxylation sites is 1. The predicted octanol–water partition coefficient (Wildman–Crippen LogP) is 6.04. The van der Waals surface area contributed by atoms with Crippen LogP contribution in [0.5, 0.6) is 0 Å². The zero-order valence-corrected chi connectivity index (χ0v) is 38.5. The van der Waals surface area contributed by atoms with Crippen molar-refractivity contribution in [3.63, 3.8) is 0 Å². The Morgan fingerprint density at radius 2 is 1.35 bits per heavy atom. The van der Waals surface area contributed by atoms with Gasteiger partial charge in [-0.1, -0.05) is 84.6 Å². The first-order valence-corrected chi connectivity index (χ1v) is 25.0. The maximum atomic E-state index is 14.2. The van der Waals surface area contributed by atoms with E-state index in [-0.39, 0.29) is 44.1 Å². The first kappa shape index (κ1) is 42.6. The second-order valence-corrected chi connectivity index (χ2v) is 22.3. The number of rotatable bonds is 10. The molecule has 6 aromatic rings. The van der Waals surface area contributed by atoms with E-state index in [1.54, 1.807) is 4.90 Å². The molecule has 66 heavy (non-hydrogen) atoms. The number of esters is 1. The summed E-state index contributed by atoms with van der Waals surface area (Å²) >= 11 is 0. The summed E-state index contributed by atoms with van der Waals surface area (Å²) in [4.78, 5) is 76.0. The Balaban J connectivity index is 1.02. The molecule has 10 rings (SSSR count). The van der Waals surface area contributed by atoms with Crippen LogP contribution < -0.4 is 25.1 Å². The van der Waals surface area contributed by atoms with E-state index in [4.69, 9.17) is 19.9 Å². The standard InChI is InChI=1S/C51H49N7O7Si/c1-54(2)33-19-21-39-42(29-33)66(5,43-30-34(55(3)4)20-22-40(43)51(39)38-17-10-8-15-36(38)50(63)64-51)28-12-27-57-49-37-16-9-11-18-41(37)56(31-32-13-6-7-14-35(32)48(49)52-53-57)44(59)25-26-47(62)65-58-45(60)23-24-46(58)61/h6-11,13-22,29-30H,12,23-28,31H2,1-5H3. The summed E-state index contributed by atoms with van der Waals surface area (Å²) in [5.74, 6) is -2.65. The van der Waals surface area contributed by atoms with Crippen LogP contribution in [0.2, 0.25) is 12.6 Å². The number of hydrogen-bond donors (Lipinski definition) is 0. The number of fused-ring (bicyclic) bond motifs is 11. The molecule has 0 N–H and O–H groups in total. The summed E-state index contributed by atoms with van der Waals surface area (Å²) in [5.41, 5.74) is 9.04. The van der Waals surface area contributed by atoms with Crippen molar-refractivity contribution in [1.29, 1.82) is 0 Å². The molecule has 0 atom stereocenters. The first-order chi connectivity index (χ1) is 31.8. The van der Waals surface area contributed by atoms with Crippen molar-refractivity contribution >= 4 is 65.2 Å². The number of anilines is 3. The van der Waals surface area contributed by atoms with Gasteiger partial charge in [0, 0.05) is 93.2 Å². The van der Waals surface area contributed by atoms with E-state index in [1.807, 2.05) is 106 Å². The molecule has 0 unspecified atom stereocenters. The van der Waals surface area contributed by atoms with Crippen LogP contribution >= 0.6 is 0 Å². The Kier molecular flexibility index (Phi) is 10.5. The number of aromatic nitrogens is 3. The van der Waals surface area contributed by atoms with Gasteiger partial charge in [-0.3, -0.25) is 14.4 Å². The minimum absolute atomic E-state index is 0.0183. The molecule has 4 aliphatic rings. The van der Waals surface area contributed by atoms with Crippen molar-refractivity contribution < 1.29 is 33.5 Å². The Hall–Kier alpha value is -7.39. The van der Waals surface area contributed by atoms with Gasteiger partial charge in [0.25, 0.3) is 11.8 Å². The lowest BCUT2D eigenvalue weighted by molar-refractivity contribution is -0.197. The summed E-state index contributed by atoms with van der Waals surface area (Å²) in [6.07, 6.45) is 0.165. The third-order valence-corrected chi connectivity index (χ3v) is 18.2. The number of imide groups is 1. The van der Waals surface area contributed by atoms with Gasteiger partial charge in [-0.15, -0.1) is 10.2 Å². The second-order valence-electron chi connectivity index (χ2n) is 18.0. The highest BCUT2D eigenvalue weighted by atomic mass is 28.3. The number of benzene rings is 5. The lowest BCUT2D eigenvalue weighted by Crippen LogP contribution is -2.65. The Morgan fingerprint density at radius 1 is 0.742 bits per heavy atom. The van der Waals surface area contributed by atoms with Crippen molar-refractivity contribution in [1.82, 2.24) is 20.1 Å². The van der Waals surface area contributed by atoms with E-state index in [1.165, 1.54) is 10.4 Å². The van der Waals surface area contributed by atoms with Gasteiger partial charge in [-0.05, 0) is 64.8 Å². The smallest absolute Gasteiger partial charge is 0.340 e. The molecule has 5 aromatic carbocycles. The van der Waals surface area contributed by atoms with Gasteiger partial charge in [-0.2, -0.15) is 0 Å². The summed E-state index contributed by atoms with van der Waals surface area (Å²) in [6, 6.07) is 37.2. The van der Waals surface area contributed by atoms with Crippen LogP contribution in [0.1, 0.15) is 64.7 Å². The van der Waals surface area contributed by atoms with Crippen LogP contribution in [0.25, 0.3) is 22.5 Å². The van der Waals surface area contributed by atoms with Crippen LogP contribution in [0.3, 0.4) is 0 Å². The highest BCUT2D eigenvalue weighted by molar-refractivity contribution is 7.02.